The van der Waals surface area contributed by atoms with Crippen LogP contribution in [0.25, 0.3) is 10.9 Å². The van der Waals surface area contributed by atoms with E-state index in [1.807, 2.05) is 0 Å². The highest BCUT2D eigenvalue weighted by molar-refractivity contribution is 5.93. The number of rotatable bonds is 9. The number of ether oxygens (including phenoxy) is 2. The molecule has 1 aliphatic rings. The number of hydrogen-bond donors (Lipinski definition) is 3. The number of aromatic amines is 1. The van der Waals surface area contributed by atoms with Crippen LogP contribution in [-0.4, -0.2) is 41.5 Å². The van der Waals surface area contributed by atoms with Crippen molar-refractivity contribution in [2.24, 2.45) is 5.92 Å². The van der Waals surface area contributed by atoms with Crippen LogP contribution >= 0.6 is 0 Å². The van der Waals surface area contributed by atoms with E-state index in [9.17, 15) is 23.2 Å². The lowest BCUT2D eigenvalue weighted by molar-refractivity contribution is -0.119. The molecule has 1 saturated carbocycles. The number of nitrogens with zero attached hydrogens (tertiary/aromatic N) is 1. The molecule has 0 saturated heterocycles. The second-order valence-corrected chi connectivity index (χ2v) is 9.39. The summed E-state index contributed by atoms with van der Waals surface area (Å²) in [7, 11) is 1.34. The fourth-order valence-corrected chi connectivity index (χ4v) is 4.72. The molecular formula is C27H30F2N4O5. The van der Waals surface area contributed by atoms with Crippen molar-refractivity contribution < 1.29 is 27.8 Å². The van der Waals surface area contributed by atoms with Crippen molar-refractivity contribution in [2.45, 2.75) is 51.6 Å². The number of nitrogens with one attached hydrogen (secondary N) is 3. The summed E-state index contributed by atoms with van der Waals surface area (Å²) in [6.45, 7) is 1.77. The molecule has 1 fully saturated rings. The molecule has 2 amide bonds. The third kappa shape index (κ3) is 6.45. The molecule has 0 unspecified atom stereocenters. The number of halogens is 2. The van der Waals surface area contributed by atoms with Gasteiger partial charge < -0.3 is 25.1 Å². The number of H-pyrrole nitrogens is 1. The first kappa shape index (κ1) is 27.0. The number of carbonyl (C=O) groups excluding carboxylic acids is 2. The number of amides is 2. The molecule has 38 heavy (non-hydrogen) atoms. The van der Waals surface area contributed by atoms with Crippen molar-refractivity contribution in [3.63, 3.8) is 0 Å². The average Bonchev–Trinajstić information content (AvgIpc) is 2.89. The van der Waals surface area contributed by atoms with Gasteiger partial charge in [-0.2, -0.15) is 0 Å². The fraction of sp³-hybridized carbons (Fsp3) is 0.407. The number of methoxy groups -OCH3 is 1. The van der Waals surface area contributed by atoms with Gasteiger partial charge in [-0.3, -0.25) is 14.4 Å². The lowest BCUT2D eigenvalue weighted by Gasteiger charge is -2.28. The molecular weight excluding hydrogens is 498 g/mol. The molecule has 0 atom stereocenters. The Balaban J connectivity index is 1.41. The predicted octanol–water partition coefficient (Wildman–Crippen LogP) is 3.60. The molecule has 3 N–H and O–H groups in total. The van der Waals surface area contributed by atoms with Gasteiger partial charge >= 0.3 is 0 Å². The second kappa shape index (κ2) is 12.0. The topological polar surface area (TPSA) is 122 Å². The normalized spacial score (nSPS) is 17.2. The van der Waals surface area contributed by atoms with Crippen LogP contribution in [-0.2, 0) is 11.3 Å². The van der Waals surface area contributed by atoms with E-state index in [2.05, 4.69) is 20.6 Å². The lowest BCUT2D eigenvalue weighted by Crippen LogP contribution is -2.36. The van der Waals surface area contributed by atoms with Crippen LogP contribution in [0.5, 0.6) is 11.5 Å². The molecule has 4 rings (SSSR count). The van der Waals surface area contributed by atoms with E-state index in [0.717, 1.165) is 31.7 Å². The Hall–Kier alpha value is -4.02. The summed E-state index contributed by atoms with van der Waals surface area (Å²) in [5.41, 5.74) is 0.00424. The maximum atomic E-state index is 14.6. The fourth-order valence-electron chi connectivity index (χ4n) is 4.72. The number of carbonyl (C=O) groups is 2. The highest BCUT2D eigenvalue weighted by Crippen LogP contribution is 2.29. The number of hydrogen-bond acceptors (Lipinski definition) is 6. The average molecular weight is 529 g/mol. The first-order valence-corrected chi connectivity index (χ1v) is 12.5. The molecule has 11 heteroatoms. The molecule has 2 aromatic carbocycles. The van der Waals surface area contributed by atoms with Crippen LogP contribution < -0.4 is 25.7 Å². The predicted molar refractivity (Wildman–Crippen MR) is 136 cm³/mol. The maximum absolute atomic E-state index is 14.6. The molecule has 0 bridgehead atoms. The summed E-state index contributed by atoms with van der Waals surface area (Å²) in [6.07, 6.45) is 4.31. The van der Waals surface area contributed by atoms with Crippen molar-refractivity contribution in [2.75, 3.05) is 13.7 Å². The van der Waals surface area contributed by atoms with Crippen LogP contribution in [0.4, 0.5) is 8.78 Å². The Bertz CT molecular complexity index is 1390. The maximum Gasteiger partial charge on any atom is 0.287 e. The van der Waals surface area contributed by atoms with Gasteiger partial charge in [0.05, 0.1) is 19.2 Å². The Labute approximate surface area is 217 Å². The molecule has 1 aromatic heterocycles. The molecule has 202 valence electrons. The quantitative estimate of drug-likeness (QED) is 0.390. The van der Waals surface area contributed by atoms with Crippen molar-refractivity contribution in [1.82, 2.24) is 20.6 Å². The number of fused-ring (bicyclic) bond motifs is 1. The molecule has 0 radical (unpaired) electrons. The Morgan fingerprint density at radius 3 is 2.55 bits per heavy atom. The van der Waals surface area contributed by atoms with Crippen molar-refractivity contribution in [1.29, 1.82) is 0 Å². The van der Waals surface area contributed by atoms with E-state index in [1.165, 1.54) is 38.3 Å². The van der Waals surface area contributed by atoms with Gasteiger partial charge in [-0.05, 0) is 67.9 Å². The Kier molecular flexibility index (Phi) is 8.55. The number of aromatic nitrogens is 2. The van der Waals surface area contributed by atoms with Gasteiger partial charge in [-0.25, -0.2) is 13.8 Å². The third-order valence-corrected chi connectivity index (χ3v) is 6.69. The minimum absolute atomic E-state index is 0.0313. The summed E-state index contributed by atoms with van der Waals surface area (Å²) in [5.74, 6) is -1.93. The van der Waals surface area contributed by atoms with Gasteiger partial charge in [0.25, 0.3) is 11.5 Å². The summed E-state index contributed by atoms with van der Waals surface area (Å²) >= 11 is 0. The molecule has 0 aliphatic heterocycles. The van der Waals surface area contributed by atoms with E-state index in [4.69, 9.17) is 9.47 Å². The van der Waals surface area contributed by atoms with Crippen LogP contribution in [0, 0.1) is 17.6 Å². The van der Waals surface area contributed by atoms with E-state index in [-0.39, 0.29) is 53.3 Å². The Morgan fingerprint density at radius 1 is 1.11 bits per heavy atom. The van der Waals surface area contributed by atoms with Crippen molar-refractivity contribution in [3.8, 4) is 11.5 Å². The van der Waals surface area contributed by atoms with Crippen molar-refractivity contribution >= 4 is 22.7 Å². The molecule has 9 nitrogen and oxygen atoms in total. The zero-order valence-electron chi connectivity index (χ0n) is 21.2. The van der Waals surface area contributed by atoms with E-state index < -0.39 is 23.1 Å². The van der Waals surface area contributed by atoms with Gasteiger partial charge in [-0.15, -0.1) is 0 Å². The third-order valence-electron chi connectivity index (χ3n) is 6.69. The molecule has 3 aromatic rings. The first-order chi connectivity index (χ1) is 18.2. The van der Waals surface area contributed by atoms with Gasteiger partial charge in [0.2, 0.25) is 5.91 Å². The van der Waals surface area contributed by atoms with Crippen molar-refractivity contribution in [3.05, 3.63) is 63.7 Å². The minimum atomic E-state index is -0.700. The highest BCUT2D eigenvalue weighted by atomic mass is 19.1. The highest BCUT2D eigenvalue weighted by Gasteiger charge is 2.23. The summed E-state index contributed by atoms with van der Waals surface area (Å²) in [4.78, 5) is 43.3. The first-order valence-electron chi connectivity index (χ1n) is 12.5. The summed E-state index contributed by atoms with van der Waals surface area (Å²) < 4.78 is 38.9. The van der Waals surface area contributed by atoms with E-state index in [0.29, 0.717) is 17.9 Å². The molecule has 1 aliphatic carbocycles. The SMILES string of the molecule is COc1cc(CNC(=O)c2nc3ccc(F)c(OCCC4CCC(NC(C)=O)CC4)c3c(=O)[nH]2)ccc1F. The standard InChI is InChI=1S/C27H30F2N4O5/c1-15(34)31-18-6-3-16(4-7-18)11-12-38-24-20(29)9-10-21-23(24)26(35)33-25(32-21)27(36)30-14-17-5-8-19(28)22(13-17)37-2/h5,8-10,13,16,18H,3-4,6-7,11-12,14H2,1-2H3,(H,30,36)(H,31,34)(H,32,33,35). The van der Waals surface area contributed by atoms with E-state index >= 15 is 0 Å². The zero-order valence-corrected chi connectivity index (χ0v) is 21.2. The largest absolute Gasteiger partial charge is 0.494 e. The lowest BCUT2D eigenvalue weighted by atomic mass is 9.84. The number of benzene rings is 2. The van der Waals surface area contributed by atoms with Crippen LogP contribution in [0.2, 0.25) is 0 Å². The smallest absolute Gasteiger partial charge is 0.287 e. The minimum Gasteiger partial charge on any atom is -0.494 e. The molecule has 0 spiro atoms. The Morgan fingerprint density at radius 2 is 1.84 bits per heavy atom. The van der Waals surface area contributed by atoms with E-state index in [1.54, 1.807) is 0 Å². The van der Waals surface area contributed by atoms with Gasteiger partial charge in [-0.1, -0.05) is 6.07 Å². The van der Waals surface area contributed by atoms with Crippen LogP contribution in [0.15, 0.2) is 35.1 Å². The molecule has 1 heterocycles. The second-order valence-electron chi connectivity index (χ2n) is 9.39. The van der Waals surface area contributed by atoms with Gasteiger partial charge in [0.15, 0.2) is 29.0 Å². The summed E-state index contributed by atoms with van der Waals surface area (Å²) in [5, 5.41) is 5.48. The monoisotopic (exact) mass is 528 g/mol. The summed E-state index contributed by atoms with van der Waals surface area (Å²) in [6, 6.07) is 6.83. The van der Waals surface area contributed by atoms with Crippen LogP contribution in [0.1, 0.15) is 55.2 Å². The van der Waals surface area contributed by atoms with Gasteiger partial charge in [0, 0.05) is 19.5 Å². The van der Waals surface area contributed by atoms with Gasteiger partial charge in [0.1, 0.15) is 5.39 Å². The van der Waals surface area contributed by atoms with Crippen LogP contribution in [0.3, 0.4) is 0 Å². The zero-order chi connectivity index (χ0) is 27.2.